The number of benzene rings is 1. The van der Waals surface area contributed by atoms with Crippen LogP contribution < -0.4 is 11.3 Å². The van der Waals surface area contributed by atoms with Gasteiger partial charge in [-0.15, -0.1) is 0 Å². The second-order valence-electron chi connectivity index (χ2n) is 4.16. The van der Waals surface area contributed by atoms with Gasteiger partial charge in [0.15, 0.2) is 0 Å². The van der Waals surface area contributed by atoms with Gasteiger partial charge in [0.25, 0.3) is 5.56 Å². The van der Waals surface area contributed by atoms with Crippen LogP contribution in [0, 0.1) is 0 Å². The fraction of sp³-hybridized carbons (Fsp3) is 0.308. The van der Waals surface area contributed by atoms with Crippen molar-refractivity contribution in [2.45, 2.75) is 12.8 Å². The lowest BCUT2D eigenvalue weighted by Crippen LogP contribution is -2.25. The van der Waals surface area contributed by atoms with Gasteiger partial charge in [-0.05, 0) is 30.0 Å². The summed E-state index contributed by atoms with van der Waals surface area (Å²) in [6, 6.07) is 9.84. The Morgan fingerprint density at radius 3 is 2.75 bits per heavy atom. The Morgan fingerprint density at radius 1 is 1.38 bits per heavy atom. The molecule has 84 valence electrons. The van der Waals surface area contributed by atoms with E-state index >= 15 is 0 Å². The van der Waals surface area contributed by atoms with Crippen LogP contribution in [0.1, 0.15) is 18.4 Å². The molecule has 0 radical (unpaired) electrons. The largest absolute Gasteiger partial charge is 0.330 e. The molecule has 0 saturated heterocycles. The second kappa shape index (κ2) is 4.10. The predicted molar refractivity (Wildman–Crippen MR) is 66.7 cm³/mol. The maximum Gasteiger partial charge on any atom is 0.254 e. The maximum atomic E-state index is 12.1. The average Bonchev–Trinajstić information content (AvgIpc) is 2.33. The van der Waals surface area contributed by atoms with E-state index in [1.807, 2.05) is 37.3 Å². The van der Waals surface area contributed by atoms with Crippen molar-refractivity contribution in [1.29, 1.82) is 0 Å². The van der Waals surface area contributed by atoms with Crippen LogP contribution in [0.2, 0.25) is 0 Å². The number of fused-ring (bicyclic) bond motifs is 1. The summed E-state index contributed by atoms with van der Waals surface area (Å²) in [6.07, 6.45) is 0. The molecule has 0 saturated carbocycles. The minimum Gasteiger partial charge on any atom is -0.330 e. The van der Waals surface area contributed by atoms with Gasteiger partial charge in [-0.25, -0.2) is 0 Å². The highest BCUT2D eigenvalue weighted by Crippen LogP contribution is 2.16. The van der Waals surface area contributed by atoms with E-state index in [1.165, 1.54) is 0 Å². The van der Waals surface area contributed by atoms with Gasteiger partial charge >= 0.3 is 0 Å². The number of para-hydroxylation sites is 1. The number of aromatic nitrogens is 1. The normalized spacial score (nSPS) is 12.9. The molecule has 1 unspecified atom stereocenters. The van der Waals surface area contributed by atoms with Gasteiger partial charge in [0, 0.05) is 12.6 Å². The number of rotatable bonds is 2. The van der Waals surface area contributed by atoms with E-state index in [0.717, 1.165) is 16.5 Å². The van der Waals surface area contributed by atoms with Gasteiger partial charge in [0.1, 0.15) is 0 Å². The Balaban J connectivity index is 2.79. The van der Waals surface area contributed by atoms with Gasteiger partial charge < -0.3 is 10.3 Å². The summed E-state index contributed by atoms with van der Waals surface area (Å²) >= 11 is 0. The SMILES string of the molecule is CC(CN)c1cc2ccccc2n(C)c1=O. The average molecular weight is 216 g/mol. The van der Waals surface area contributed by atoms with Crippen LogP contribution in [0.25, 0.3) is 10.9 Å². The lowest BCUT2D eigenvalue weighted by molar-refractivity contribution is 0.743. The molecule has 1 heterocycles. The molecule has 2 N–H and O–H groups in total. The quantitative estimate of drug-likeness (QED) is 0.829. The third-order valence-corrected chi connectivity index (χ3v) is 3.05. The van der Waals surface area contributed by atoms with E-state index in [-0.39, 0.29) is 11.5 Å². The Labute approximate surface area is 94.5 Å². The van der Waals surface area contributed by atoms with Crippen LogP contribution >= 0.6 is 0 Å². The van der Waals surface area contributed by atoms with Crippen LogP contribution in [0.5, 0.6) is 0 Å². The summed E-state index contributed by atoms with van der Waals surface area (Å²) in [4.78, 5) is 12.1. The van der Waals surface area contributed by atoms with Crippen molar-refractivity contribution in [3.05, 3.63) is 46.2 Å². The lowest BCUT2D eigenvalue weighted by atomic mass is 10.0. The smallest absolute Gasteiger partial charge is 0.254 e. The van der Waals surface area contributed by atoms with Crippen molar-refractivity contribution in [3.8, 4) is 0 Å². The van der Waals surface area contributed by atoms with E-state index in [1.54, 1.807) is 11.6 Å². The summed E-state index contributed by atoms with van der Waals surface area (Å²) < 4.78 is 1.69. The minimum atomic E-state index is 0.0525. The highest BCUT2D eigenvalue weighted by Gasteiger charge is 2.11. The van der Waals surface area contributed by atoms with Crippen molar-refractivity contribution < 1.29 is 0 Å². The van der Waals surface area contributed by atoms with Gasteiger partial charge in [0.05, 0.1) is 5.52 Å². The third-order valence-electron chi connectivity index (χ3n) is 3.05. The Hall–Kier alpha value is -1.61. The summed E-state index contributed by atoms with van der Waals surface area (Å²) in [5.41, 5.74) is 7.43. The predicted octanol–water partition coefficient (Wildman–Crippen LogP) is 1.60. The van der Waals surface area contributed by atoms with Crippen molar-refractivity contribution >= 4 is 10.9 Å². The molecule has 0 aliphatic heterocycles. The number of nitrogens with zero attached hydrogens (tertiary/aromatic N) is 1. The van der Waals surface area contributed by atoms with Crippen molar-refractivity contribution in [1.82, 2.24) is 4.57 Å². The van der Waals surface area contributed by atoms with E-state index in [0.29, 0.717) is 6.54 Å². The molecule has 0 bridgehead atoms. The molecule has 0 amide bonds. The molecule has 0 aliphatic rings. The van der Waals surface area contributed by atoms with Gasteiger partial charge in [-0.1, -0.05) is 25.1 Å². The van der Waals surface area contributed by atoms with Crippen molar-refractivity contribution in [2.24, 2.45) is 12.8 Å². The highest BCUT2D eigenvalue weighted by molar-refractivity contribution is 5.79. The first kappa shape index (κ1) is 10.9. The van der Waals surface area contributed by atoms with E-state index in [4.69, 9.17) is 5.73 Å². The summed E-state index contributed by atoms with van der Waals surface area (Å²) in [7, 11) is 1.80. The zero-order chi connectivity index (χ0) is 11.7. The van der Waals surface area contributed by atoms with E-state index < -0.39 is 0 Å². The van der Waals surface area contributed by atoms with Crippen molar-refractivity contribution in [3.63, 3.8) is 0 Å². The Morgan fingerprint density at radius 2 is 2.06 bits per heavy atom. The number of pyridine rings is 1. The first-order chi connectivity index (χ1) is 7.65. The molecule has 0 spiro atoms. The molecule has 1 aromatic heterocycles. The number of hydrogen-bond donors (Lipinski definition) is 1. The molecule has 2 rings (SSSR count). The zero-order valence-electron chi connectivity index (χ0n) is 9.60. The molecule has 1 atom stereocenters. The molecule has 1 aromatic carbocycles. The minimum absolute atomic E-state index is 0.0525. The standard InChI is InChI=1S/C13H16N2O/c1-9(8-14)11-7-10-5-3-4-6-12(10)15(2)13(11)16/h3-7,9H,8,14H2,1-2H3. The lowest BCUT2D eigenvalue weighted by Gasteiger charge is -2.12. The monoisotopic (exact) mass is 216 g/mol. The molecular weight excluding hydrogens is 200 g/mol. The Bertz CT molecular complexity index is 572. The summed E-state index contributed by atoms with van der Waals surface area (Å²) in [6.45, 7) is 2.47. The second-order valence-corrected chi connectivity index (χ2v) is 4.16. The fourth-order valence-corrected chi connectivity index (χ4v) is 1.93. The molecule has 2 aromatic rings. The topological polar surface area (TPSA) is 48.0 Å². The van der Waals surface area contributed by atoms with Crippen molar-refractivity contribution in [2.75, 3.05) is 6.54 Å². The molecular formula is C13H16N2O. The first-order valence-corrected chi connectivity index (χ1v) is 5.44. The fourth-order valence-electron chi connectivity index (χ4n) is 1.93. The van der Waals surface area contributed by atoms with Crippen LogP contribution in [0.3, 0.4) is 0 Å². The molecule has 16 heavy (non-hydrogen) atoms. The number of hydrogen-bond acceptors (Lipinski definition) is 2. The molecule has 3 nitrogen and oxygen atoms in total. The summed E-state index contributed by atoms with van der Waals surface area (Å²) in [5.74, 6) is 0.100. The zero-order valence-corrected chi connectivity index (χ0v) is 9.60. The van der Waals surface area contributed by atoms with Crippen LogP contribution in [-0.4, -0.2) is 11.1 Å². The Kier molecular flexibility index (Phi) is 2.79. The molecule has 3 heteroatoms. The maximum absolute atomic E-state index is 12.1. The summed E-state index contributed by atoms with van der Waals surface area (Å²) in [5, 5.41) is 1.08. The van der Waals surface area contributed by atoms with Crippen LogP contribution in [-0.2, 0) is 7.05 Å². The molecule has 0 fully saturated rings. The van der Waals surface area contributed by atoms with Gasteiger partial charge in [0.2, 0.25) is 0 Å². The third kappa shape index (κ3) is 1.63. The number of aryl methyl sites for hydroxylation is 1. The van der Waals surface area contributed by atoms with E-state index in [2.05, 4.69) is 0 Å². The number of nitrogens with two attached hydrogens (primary N) is 1. The van der Waals surface area contributed by atoms with Crippen LogP contribution in [0.4, 0.5) is 0 Å². The highest BCUT2D eigenvalue weighted by atomic mass is 16.1. The van der Waals surface area contributed by atoms with Crippen LogP contribution in [0.15, 0.2) is 35.1 Å². The van der Waals surface area contributed by atoms with Gasteiger partial charge in [-0.2, -0.15) is 0 Å². The van der Waals surface area contributed by atoms with Gasteiger partial charge in [-0.3, -0.25) is 4.79 Å². The van der Waals surface area contributed by atoms with E-state index in [9.17, 15) is 4.79 Å². The first-order valence-electron chi connectivity index (χ1n) is 5.44. The molecule has 0 aliphatic carbocycles.